The number of unbranched alkanes of at least 4 members (excludes halogenated alkanes) is 1. The molecule has 0 bridgehead atoms. The van der Waals surface area contributed by atoms with Crippen molar-refractivity contribution in [2.45, 2.75) is 71.9 Å². The Bertz CT molecular complexity index is 205. The van der Waals surface area contributed by atoms with E-state index in [0.29, 0.717) is 6.04 Å². The van der Waals surface area contributed by atoms with E-state index in [9.17, 15) is 5.11 Å². The maximum atomic E-state index is 9.92. The van der Waals surface area contributed by atoms with Crippen LogP contribution in [-0.2, 0) is 0 Å². The van der Waals surface area contributed by atoms with E-state index in [1.54, 1.807) is 0 Å². The van der Waals surface area contributed by atoms with Gasteiger partial charge in [-0.25, -0.2) is 0 Å². The summed E-state index contributed by atoms with van der Waals surface area (Å²) in [5.41, 5.74) is 0. The average Bonchev–Trinajstić information content (AvgIpc) is 2.29. The topological polar surface area (TPSA) is 23.5 Å². The molecule has 0 radical (unpaired) electrons. The molecule has 0 aromatic heterocycles. The van der Waals surface area contributed by atoms with Gasteiger partial charge in [-0.15, -0.1) is 0 Å². The van der Waals surface area contributed by atoms with E-state index in [2.05, 4.69) is 32.6 Å². The molecule has 0 heterocycles. The van der Waals surface area contributed by atoms with Crippen molar-refractivity contribution in [2.75, 3.05) is 13.1 Å². The summed E-state index contributed by atoms with van der Waals surface area (Å²) in [5, 5.41) is 9.92. The minimum atomic E-state index is -0.0642. The summed E-state index contributed by atoms with van der Waals surface area (Å²) < 4.78 is 0. The first-order chi connectivity index (χ1) is 8.10. The zero-order valence-electron chi connectivity index (χ0n) is 12.2. The number of aliphatic hydroxyl groups excluding tert-OH is 1. The predicted octanol–water partition coefficient (Wildman–Crippen LogP) is 3.29. The highest BCUT2D eigenvalue weighted by atomic mass is 16.3. The molecule has 0 spiro atoms. The van der Waals surface area contributed by atoms with Crippen LogP contribution in [0.4, 0.5) is 0 Å². The average molecular weight is 241 g/mol. The lowest BCUT2D eigenvalue weighted by Crippen LogP contribution is -2.47. The third-order valence-corrected chi connectivity index (χ3v) is 4.37. The van der Waals surface area contributed by atoms with Crippen molar-refractivity contribution in [3.63, 3.8) is 0 Å². The Morgan fingerprint density at radius 2 is 1.94 bits per heavy atom. The van der Waals surface area contributed by atoms with Gasteiger partial charge in [0.2, 0.25) is 0 Å². The first-order valence-electron chi connectivity index (χ1n) is 7.52. The molecule has 1 rings (SSSR count). The van der Waals surface area contributed by atoms with E-state index in [1.807, 2.05) is 0 Å². The molecule has 2 heteroatoms. The predicted molar refractivity (Wildman–Crippen MR) is 74.1 cm³/mol. The molecular weight excluding hydrogens is 210 g/mol. The van der Waals surface area contributed by atoms with E-state index in [4.69, 9.17) is 0 Å². The van der Waals surface area contributed by atoms with Crippen LogP contribution >= 0.6 is 0 Å². The van der Waals surface area contributed by atoms with Crippen LogP contribution < -0.4 is 0 Å². The van der Waals surface area contributed by atoms with Crippen LogP contribution in [0, 0.1) is 11.8 Å². The lowest BCUT2D eigenvalue weighted by molar-refractivity contribution is 0.0132. The molecule has 1 fully saturated rings. The van der Waals surface area contributed by atoms with Crippen LogP contribution in [0.5, 0.6) is 0 Å². The van der Waals surface area contributed by atoms with E-state index < -0.39 is 0 Å². The highest BCUT2D eigenvalue weighted by Gasteiger charge is 2.34. The summed E-state index contributed by atoms with van der Waals surface area (Å²) in [6, 6.07) is 0.607. The number of rotatable bonds is 6. The summed E-state index contributed by atoms with van der Waals surface area (Å²) in [6.45, 7) is 11.5. The molecule has 1 aliphatic rings. The molecule has 0 amide bonds. The molecule has 17 heavy (non-hydrogen) atoms. The van der Waals surface area contributed by atoms with Gasteiger partial charge in [0.1, 0.15) is 0 Å². The number of hydrogen-bond donors (Lipinski definition) is 1. The number of aliphatic hydroxyl groups is 1. The molecule has 0 aromatic carbocycles. The highest BCUT2D eigenvalue weighted by Crippen LogP contribution is 2.33. The highest BCUT2D eigenvalue weighted by molar-refractivity contribution is 4.88. The first kappa shape index (κ1) is 15.0. The van der Waals surface area contributed by atoms with E-state index >= 15 is 0 Å². The second-order valence-electron chi connectivity index (χ2n) is 5.92. The van der Waals surface area contributed by atoms with Crippen molar-refractivity contribution in [1.29, 1.82) is 0 Å². The van der Waals surface area contributed by atoms with Crippen LogP contribution in [0.2, 0.25) is 0 Å². The zero-order valence-corrected chi connectivity index (χ0v) is 12.2. The Hall–Kier alpha value is -0.0800. The fourth-order valence-corrected chi connectivity index (χ4v) is 3.27. The second-order valence-corrected chi connectivity index (χ2v) is 5.92. The summed E-state index contributed by atoms with van der Waals surface area (Å²) in [5.74, 6) is 1.51. The minimum Gasteiger partial charge on any atom is -0.393 e. The number of hydrogen-bond acceptors (Lipinski definition) is 2. The van der Waals surface area contributed by atoms with Gasteiger partial charge in [-0.05, 0) is 50.6 Å². The standard InChI is InChI=1S/C15H31NO/c1-5-7-10-16(6-2)15-11-13(17)8-9-14(15)12(3)4/h12-15,17H,5-11H2,1-4H3. The molecule has 3 unspecified atom stereocenters. The summed E-state index contributed by atoms with van der Waals surface area (Å²) >= 11 is 0. The molecule has 0 aromatic rings. The molecule has 3 atom stereocenters. The molecule has 1 aliphatic carbocycles. The van der Waals surface area contributed by atoms with Gasteiger partial charge in [-0.2, -0.15) is 0 Å². The van der Waals surface area contributed by atoms with E-state index in [-0.39, 0.29) is 6.10 Å². The van der Waals surface area contributed by atoms with Gasteiger partial charge in [0.05, 0.1) is 6.10 Å². The Balaban J connectivity index is 2.65. The van der Waals surface area contributed by atoms with Crippen LogP contribution in [-0.4, -0.2) is 35.2 Å². The lowest BCUT2D eigenvalue weighted by Gasteiger charge is -2.43. The van der Waals surface area contributed by atoms with Gasteiger partial charge in [-0.3, -0.25) is 0 Å². The van der Waals surface area contributed by atoms with Crippen molar-refractivity contribution < 1.29 is 5.11 Å². The molecule has 102 valence electrons. The summed E-state index contributed by atoms with van der Waals surface area (Å²) in [4.78, 5) is 2.61. The van der Waals surface area contributed by atoms with Crippen molar-refractivity contribution in [3.8, 4) is 0 Å². The molecule has 1 N–H and O–H groups in total. The third-order valence-electron chi connectivity index (χ3n) is 4.37. The Morgan fingerprint density at radius 3 is 2.47 bits per heavy atom. The zero-order chi connectivity index (χ0) is 12.8. The monoisotopic (exact) mass is 241 g/mol. The van der Waals surface area contributed by atoms with Crippen molar-refractivity contribution >= 4 is 0 Å². The lowest BCUT2D eigenvalue weighted by atomic mass is 9.76. The van der Waals surface area contributed by atoms with Gasteiger partial charge >= 0.3 is 0 Å². The molecular formula is C15H31NO. The van der Waals surface area contributed by atoms with Crippen LogP contribution in [0.1, 0.15) is 59.8 Å². The smallest absolute Gasteiger partial charge is 0.0555 e. The Morgan fingerprint density at radius 1 is 1.24 bits per heavy atom. The molecule has 2 nitrogen and oxygen atoms in total. The molecule has 0 aliphatic heterocycles. The maximum absolute atomic E-state index is 9.92. The van der Waals surface area contributed by atoms with E-state index in [0.717, 1.165) is 31.2 Å². The van der Waals surface area contributed by atoms with Gasteiger partial charge in [-0.1, -0.05) is 34.1 Å². The quantitative estimate of drug-likeness (QED) is 0.771. The van der Waals surface area contributed by atoms with Crippen LogP contribution in [0.3, 0.4) is 0 Å². The summed E-state index contributed by atoms with van der Waals surface area (Å²) in [7, 11) is 0. The summed E-state index contributed by atoms with van der Waals surface area (Å²) in [6.07, 6.45) is 5.67. The fraction of sp³-hybridized carbons (Fsp3) is 1.00. The molecule has 1 saturated carbocycles. The third kappa shape index (κ3) is 4.26. The van der Waals surface area contributed by atoms with Crippen LogP contribution in [0.25, 0.3) is 0 Å². The van der Waals surface area contributed by atoms with E-state index in [1.165, 1.54) is 25.8 Å². The van der Waals surface area contributed by atoms with Gasteiger partial charge in [0.25, 0.3) is 0 Å². The first-order valence-corrected chi connectivity index (χ1v) is 7.52. The Kier molecular flexibility index (Phi) is 6.50. The normalized spacial score (nSPS) is 30.2. The van der Waals surface area contributed by atoms with Gasteiger partial charge in [0, 0.05) is 6.04 Å². The SMILES string of the molecule is CCCCN(CC)C1CC(O)CCC1C(C)C. The minimum absolute atomic E-state index is 0.0642. The van der Waals surface area contributed by atoms with Crippen molar-refractivity contribution in [2.24, 2.45) is 11.8 Å². The van der Waals surface area contributed by atoms with Crippen molar-refractivity contribution in [3.05, 3.63) is 0 Å². The molecule has 0 saturated heterocycles. The second kappa shape index (κ2) is 7.38. The van der Waals surface area contributed by atoms with Crippen LogP contribution in [0.15, 0.2) is 0 Å². The van der Waals surface area contributed by atoms with Crippen molar-refractivity contribution in [1.82, 2.24) is 4.90 Å². The Labute approximate surface area is 107 Å². The number of nitrogens with zero attached hydrogens (tertiary/aromatic N) is 1. The van der Waals surface area contributed by atoms with Gasteiger partial charge in [0.15, 0.2) is 0 Å². The largest absolute Gasteiger partial charge is 0.393 e. The fourth-order valence-electron chi connectivity index (χ4n) is 3.27. The van der Waals surface area contributed by atoms with Gasteiger partial charge < -0.3 is 10.0 Å². The maximum Gasteiger partial charge on any atom is 0.0555 e.